The zero-order valence-electron chi connectivity index (χ0n) is 9.64. The number of H-pyrrole nitrogens is 1. The van der Waals surface area contributed by atoms with Gasteiger partial charge in [-0.1, -0.05) is 6.92 Å². The van der Waals surface area contributed by atoms with Gasteiger partial charge in [-0.25, -0.2) is 8.42 Å². The van der Waals surface area contributed by atoms with Crippen molar-refractivity contribution in [2.75, 3.05) is 6.54 Å². The van der Waals surface area contributed by atoms with Gasteiger partial charge in [0.05, 0.1) is 12.8 Å². The van der Waals surface area contributed by atoms with Crippen LogP contribution in [0.1, 0.15) is 26.3 Å². The summed E-state index contributed by atoms with van der Waals surface area (Å²) in [5, 5.41) is 15.1. The Morgan fingerprint density at radius 1 is 1.56 bits per heavy atom. The van der Waals surface area contributed by atoms with Crippen molar-refractivity contribution in [3.8, 4) is 0 Å². The largest absolute Gasteiger partial charge is 0.392 e. The molecule has 2 N–H and O–H groups in total. The Hall–Kier alpha value is -0.920. The molecule has 0 spiro atoms. The molecule has 0 saturated heterocycles. The third kappa shape index (κ3) is 2.26. The van der Waals surface area contributed by atoms with Gasteiger partial charge in [0.2, 0.25) is 0 Å². The van der Waals surface area contributed by atoms with Crippen LogP contribution in [0.5, 0.6) is 0 Å². The first kappa shape index (κ1) is 13.1. The number of nitrogens with one attached hydrogen (secondary N) is 1. The molecule has 0 aromatic carbocycles. The second-order valence-corrected chi connectivity index (χ2v) is 5.51. The maximum atomic E-state index is 12.2. The van der Waals surface area contributed by atoms with E-state index < -0.39 is 10.0 Å². The summed E-state index contributed by atoms with van der Waals surface area (Å²) >= 11 is 0. The van der Waals surface area contributed by atoms with E-state index in [2.05, 4.69) is 10.2 Å². The third-order valence-corrected chi connectivity index (χ3v) is 4.47. The number of aromatic nitrogens is 2. The number of nitrogens with zero attached hydrogens (tertiary/aromatic N) is 2. The Labute approximate surface area is 95.3 Å². The lowest BCUT2D eigenvalue weighted by molar-refractivity contribution is 0.277. The molecule has 0 aliphatic heterocycles. The van der Waals surface area contributed by atoms with Crippen molar-refractivity contribution in [2.45, 2.75) is 38.4 Å². The van der Waals surface area contributed by atoms with Crippen LogP contribution in [0, 0.1) is 0 Å². The Morgan fingerprint density at radius 2 is 2.19 bits per heavy atom. The van der Waals surface area contributed by atoms with Gasteiger partial charge in [0.25, 0.3) is 10.0 Å². The van der Waals surface area contributed by atoms with E-state index in [4.69, 9.17) is 5.11 Å². The average molecular weight is 247 g/mol. The van der Waals surface area contributed by atoms with Crippen molar-refractivity contribution < 1.29 is 13.5 Å². The Kier molecular flexibility index (Phi) is 4.06. The highest BCUT2D eigenvalue weighted by atomic mass is 32.2. The highest BCUT2D eigenvalue weighted by Gasteiger charge is 2.29. The molecule has 1 heterocycles. The molecule has 0 radical (unpaired) electrons. The van der Waals surface area contributed by atoms with Crippen LogP contribution in [0.4, 0.5) is 0 Å². The molecule has 1 rings (SSSR count). The fourth-order valence-electron chi connectivity index (χ4n) is 1.57. The quantitative estimate of drug-likeness (QED) is 0.784. The van der Waals surface area contributed by atoms with Crippen molar-refractivity contribution in [3.63, 3.8) is 0 Å². The van der Waals surface area contributed by atoms with Crippen LogP contribution >= 0.6 is 0 Å². The number of aromatic amines is 1. The van der Waals surface area contributed by atoms with E-state index in [9.17, 15) is 8.42 Å². The van der Waals surface area contributed by atoms with Crippen LogP contribution in [0.15, 0.2) is 11.2 Å². The van der Waals surface area contributed by atoms with E-state index in [1.807, 2.05) is 0 Å². The lowest BCUT2D eigenvalue weighted by Crippen LogP contribution is -2.37. The van der Waals surface area contributed by atoms with Crippen LogP contribution in [0.2, 0.25) is 0 Å². The summed E-state index contributed by atoms with van der Waals surface area (Å²) < 4.78 is 25.7. The molecule has 0 bridgehead atoms. The fraction of sp³-hybridized carbons (Fsp3) is 0.667. The second kappa shape index (κ2) is 4.94. The first-order valence-electron chi connectivity index (χ1n) is 5.10. The van der Waals surface area contributed by atoms with Crippen LogP contribution < -0.4 is 0 Å². The molecule has 0 aliphatic rings. The summed E-state index contributed by atoms with van der Waals surface area (Å²) in [6.07, 6.45) is 1.32. The number of hydrogen-bond acceptors (Lipinski definition) is 4. The third-order valence-electron chi connectivity index (χ3n) is 2.30. The van der Waals surface area contributed by atoms with Gasteiger partial charge in [0.1, 0.15) is 0 Å². The average Bonchev–Trinajstić information content (AvgIpc) is 2.65. The van der Waals surface area contributed by atoms with Crippen molar-refractivity contribution in [1.82, 2.24) is 14.5 Å². The first-order valence-corrected chi connectivity index (χ1v) is 6.54. The number of aliphatic hydroxyl groups excluding tert-OH is 1. The Balaban J connectivity index is 3.20. The molecule has 0 saturated carbocycles. The minimum Gasteiger partial charge on any atom is -0.392 e. The van der Waals surface area contributed by atoms with Crippen LogP contribution in [-0.2, 0) is 16.6 Å². The smallest absolute Gasteiger partial charge is 0.260 e. The SMILES string of the molecule is CCN(C(C)C)S(=O)(=O)c1[nH]ncc1CO. The fourth-order valence-corrected chi connectivity index (χ4v) is 3.31. The van der Waals surface area contributed by atoms with Gasteiger partial charge in [-0.2, -0.15) is 9.40 Å². The molecule has 0 atom stereocenters. The number of aliphatic hydroxyl groups is 1. The highest BCUT2D eigenvalue weighted by Crippen LogP contribution is 2.19. The molecule has 6 nitrogen and oxygen atoms in total. The summed E-state index contributed by atoms with van der Waals surface area (Å²) in [5.41, 5.74) is 0.291. The van der Waals surface area contributed by atoms with Gasteiger partial charge in [-0.3, -0.25) is 5.10 Å². The van der Waals surface area contributed by atoms with Crippen LogP contribution in [-0.4, -0.2) is 40.6 Å². The van der Waals surface area contributed by atoms with Crippen molar-refractivity contribution >= 4 is 10.0 Å². The normalized spacial score (nSPS) is 12.6. The predicted molar refractivity (Wildman–Crippen MR) is 59.2 cm³/mol. The molecule has 0 aliphatic carbocycles. The molecule has 1 aromatic rings. The summed E-state index contributed by atoms with van der Waals surface area (Å²) in [7, 11) is -3.59. The first-order chi connectivity index (χ1) is 7.45. The van der Waals surface area contributed by atoms with E-state index in [1.54, 1.807) is 20.8 Å². The maximum Gasteiger partial charge on any atom is 0.260 e. The van der Waals surface area contributed by atoms with Gasteiger partial charge in [-0.05, 0) is 13.8 Å². The zero-order chi connectivity index (χ0) is 12.3. The van der Waals surface area contributed by atoms with E-state index in [0.717, 1.165) is 0 Å². The monoisotopic (exact) mass is 247 g/mol. The summed E-state index contributed by atoms with van der Waals surface area (Å²) in [6, 6.07) is -0.134. The molecular weight excluding hydrogens is 230 g/mol. The molecule has 0 fully saturated rings. The molecular formula is C9H17N3O3S. The van der Waals surface area contributed by atoms with Gasteiger partial charge in [0, 0.05) is 18.2 Å². The van der Waals surface area contributed by atoms with Crippen molar-refractivity contribution in [3.05, 3.63) is 11.8 Å². The van der Waals surface area contributed by atoms with Gasteiger partial charge in [0.15, 0.2) is 5.03 Å². The Bertz CT molecular complexity index is 439. The van der Waals surface area contributed by atoms with E-state index in [1.165, 1.54) is 10.5 Å². The van der Waals surface area contributed by atoms with E-state index in [-0.39, 0.29) is 17.7 Å². The van der Waals surface area contributed by atoms with Crippen molar-refractivity contribution in [1.29, 1.82) is 0 Å². The van der Waals surface area contributed by atoms with Crippen LogP contribution in [0.25, 0.3) is 0 Å². The molecule has 92 valence electrons. The second-order valence-electron chi connectivity index (χ2n) is 3.68. The summed E-state index contributed by atoms with van der Waals surface area (Å²) in [5.74, 6) is 0. The number of hydrogen-bond donors (Lipinski definition) is 2. The molecule has 7 heteroatoms. The van der Waals surface area contributed by atoms with Gasteiger partial charge >= 0.3 is 0 Å². The summed E-state index contributed by atoms with van der Waals surface area (Å²) in [6.45, 7) is 5.41. The van der Waals surface area contributed by atoms with E-state index in [0.29, 0.717) is 12.1 Å². The standard InChI is InChI=1S/C9H17N3O3S/c1-4-12(7(2)3)16(14,15)9-8(6-13)5-10-11-9/h5,7,13H,4,6H2,1-3H3,(H,10,11). The molecule has 16 heavy (non-hydrogen) atoms. The molecule has 0 unspecified atom stereocenters. The lowest BCUT2D eigenvalue weighted by atomic mass is 10.4. The molecule has 0 amide bonds. The minimum atomic E-state index is -3.59. The van der Waals surface area contributed by atoms with Crippen molar-refractivity contribution in [2.24, 2.45) is 0 Å². The topological polar surface area (TPSA) is 86.3 Å². The lowest BCUT2D eigenvalue weighted by Gasteiger charge is -2.23. The predicted octanol–water partition coefficient (Wildman–Crippen LogP) is 0.321. The number of rotatable bonds is 5. The zero-order valence-corrected chi connectivity index (χ0v) is 10.5. The maximum absolute atomic E-state index is 12.2. The van der Waals surface area contributed by atoms with Gasteiger partial charge < -0.3 is 5.11 Å². The summed E-state index contributed by atoms with van der Waals surface area (Å²) in [4.78, 5) is 0. The minimum absolute atomic E-state index is 0.0226. The highest BCUT2D eigenvalue weighted by molar-refractivity contribution is 7.89. The Morgan fingerprint density at radius 3 is 2.62 bits per heavy atom. The van der Waals surface area contributed by atoms with E-state index >= 15 is 0 Å². The van der Waals surface area contributed by atoms with Crippen LogP contribution in [0.3, 0.4) is 0 Å². The molecule has 1 aromatic heterocycles. The number of sulfonamides is 1. The van der Waals surface area contributed by atoms with Gasteiger partial charge in [-0.15, -0.1) is 0 Å².